The van der Waals surface area contributed by atoms with Gasteiger partial charge in [-0.15, -0.1) is 0 Å². The van der Waals surface area contributed by atoms with Gasteiger partial charge in [0, 0.05) is 73.0 Å². The van der Waals surface area contributed by atoms with Gasteiger partial charge in [0.25, 0.3) is 0 Å². The Balaban J connectivity index is 1.26. The highest BCUT2D eigenvalue weighted by atomic mass is 16.7. The summed E-state index contributed by atoms with van der Waals surface area (Å²) in [6.45, 7) is 1.91. The molecule has 2 aromatic carbocycles. The van der Waals surface area contributed by atoms with Crippen molar-refractivity contribution in [2.24, 2.45) is 5.73 Å². The summed E-state index contributed by atoms with van der Waals surface area (Å²) in [5.41, 5.74) is 2.11. The summed E-state index contributed by atoms with van der Waals surface area (Å²) in [4.78, 5) is 65.5. The highest BCUT2D eigenvalue weighted by Gasteiger charge is 2.50. The van der Waals surface area contributed by atoms with Gasteiger partial charge in [0.2, 0.25) is 11.6 Å². The summed E-state index contributed by atoms with van der Waals surface area (Å²) in [7, 11) is 1.30. The summed E-state index contributed by atoms with van der Waals surface area (Å²) in [6.07, 6.45) is -6.14. The second-order valence-electron chi connectivity index (χ2n) is 14.1. The SMILES string of the molecule is COc1cccc2c1C(=O)c1c(O)c3c(c(O)c1C2=O)CC(O)(C(=O)COC(=O)CCCn1c(O)cc(CC(C)=O)c1O)CC3OC1CC(N)C(O)C(C)O1. The Kier molecular flexibility index (Phi) is 10.8. The molecule has 17 nitrogen and oxygen atoms in total. The van der Waals surface area contributed by atoms with Crippen molar-refractivity contribution in [1.82, 2.24) is 4.57 Å². The van der Waals surface area contributed by atoms with Gasteiger partial charge in [-0.3, -0.25) is 28.5 Å². The third kappa shape index (κ3) is 7.16. The zero-order valence-electron chi connectivity index (χ0n) is 30.2. The molecule has 0 saturated carbocycles. The number of aromatic nitrogens is 1. The molecule has 2 heterocycles. The van der Waals surface area contributed by atoms with Crippen LogP contribution in [0.1, 0.15) is 94.2 Å². The van der Waals surface area contributed by atoms with Gasteiger partial charge in [-0.2, -0.15) is 0 Å². The average Bonchev–Trinajstić information content (AvgIpc) is 3.39. The van der Waals surface area contributed by atoms with Crippen LogP contribution < -0.4 is 10.5 Å². The fourth-order valence-electron chi connectivity index (χ4n) is 7.54. The van der Waals surface area contributed by atoms with E-state index in [0.29, 0.717) is 0 Å². The molecular weight excluding hydrogens is 724 g/mol. The Morgan fingerprint density at radius 3 is 2.44 bits per heavy atom. The number of phenolic OH excluding ortho intramolecular Hbond substituents is 2. The first kappa shape index (κ1) is 39.4. The van der Waals surface area contributed by atoms with Crippen molar-refractivity contribution in [1.29, 1.82) is 0 Å². The normalized spacial score (nSPS) is 24.4. The van der Waals surface area contributed by atoms with E-state index in [1.807, 2.05) is 0 Å². The number of hydrogen-bond acceptors (Lipinski definition) is 16. The topological polar surface area (TPSA) is 275 Å². The minimum Gasteiger partial charge on any atom is -0.507 e. The third-order valence-electron chi connectivity index (χ3n) is 10.4. The summed E-state index contributed by atoms with van der Waals surface area (Å²) >= 11 is 0. The number of benzene rings is 2. The van der Waals surface area contributed by atoms with E-state index in [1.54, 1.807) is 6.92 Å². The van der Waals surface area contributed by atoms with E-state index in [2.05, 4.69) is 0 Å². The molecule has 0 amide bonds. The molecule has 294 valence electrons. The van der Waals surface area contributed by atoms with Crippen molar-refractivity contribution in [3.63, 3.8) is 0 Å². The molecule has 6 atom stereocenters. The van der Waals surface area contributed by atoms with Crippen LogP contribution in [-0.4, -0.2) is 108 Å². The van der Waals surface area contributed by atoms with Crippen LogP contribution in [0.25, 0.3) is 0 Å². The number of hydrogen-bond donors (Lipinski definition) is 7. The standard InChI is InChI=1S/C38H42N2O15/c1-16(41)10-18-11-25(43)40(37(18)50)9-5-8-26(44)53-15-24(42)38(51)13-20-29(23(14-38)55-27-12-21(39)32(45)17(2)54-27)36(49)31-30(34(20)47)33(46)19-6-4-7-22(52-3)28(19)35(31)48/h4,6-7,11,17,21,23,27,32,43,45,47,49-51H,5,8-10,12-15,39H2,1-3H3. The molecule has 55 heavy (non-hydrogen) atoms. The predicted octanol–water partition coefficient (Wildman–Crippen LogP) is 1.38. The van der Waals surface area contributed by atoms with E-state index < -0.39 is 102 Å². The number of aliphatic hydroxyl groups excluding tert-OH is 1. The average molecular weight is 767 g/mol. The van der Waals surface area contributed by atoms with Gasteiger partial charge in [0.05, 0.1) is 42.1 Å². The fraction of sp³-hybridized carbons (Fsp3) is 0.447. The molecule has 6 rings (SSSR count). The smallest absolute Gasteiger partial charge is 0.306 e. The van der Waals surface area contributed by atoms with Gasteiger partial charge in [-0.25, -0.2) is 0 Å². The first-order valence-corrected chi connectivity index (χ1v) is 17.6. The van der Waals surface area contributed by atoms with Crippen LogP contribution in [0.5, 0.6) is 29.0 Å². The van der Waals surface area contributed by atoms with Crippen LogP contribution in [-0.2, 0) is 48.0 Å². The number of aliphatic hydroxyl groups is 2. The molecule has 3 aromatic rings. The molecule has 0 spiro atoms. The lowest BCUT2D eigenvalue weighted by atomic mass is 9.72. The molecule has 3 aliphatic rings. The summed E-state index contributed by atoms with van der Waals surface area (Å²) in [5, 5.41) is 66.2. The number of phenols is 2. The maximum Gasteiger partial charge on any atom is 0.306 e. The quantitative estimate of drug-likeness (QED) is 0.0792. The lowest BCUT2D eigenvalue weighted by Gasteiger charge is -2.42. The first-order valence-electron chi connectivity index (χ1n) is 17.6. The molecule has 1 aromatic heterocycles. The van der Waals surface area contributed by atoms with Crippen LogP contribution in [0.2, 0.25) is 0 Å². The summed E-state index contributed by atoms with van der Waals surface area (Å²) < 4.78 is 23.5. The van der Waals surface area contributed by atoms with Gasteiger partial charge in [0.15, 0.2) is 30.4 Å². The number of rotatable bonds is 12. The predicted molar refractivity (Wildman–Crippen MR) is 187 cm³/mol. The molecule has 2 aliphatic carbocycles. The van der Waals surface area contributed by atoms with E-state index in [-0.39, 0.29) is 83.3 Å². The zero-order chi connectivity index (χ0) is 40.1. The number of Topliss-reactive ketones (excluding diaryl/α,β-unsaturated/α-hetero) is 2. The maximum atomic E-state index is 13.9. The number of carbonyl (C=O) groups is 5. The van der Waals surface area contributed by atoms with Crippen molar-refractivity contribution in [2.45, 2.75) is 95.2 Å². The highest BCUT2D eigenvalue weighted by Crippen LogP contribution is 2.52. The van der Waals surface area contributed by atoms with Crippen LogP contribution in [0.15, 0.2) is 24.3 Å². The molecule has 17 heteroatoms. The fourth-order valence-corrected chi connectivity index (χ4v) is 7.54. The Morgan fingerprint density at radius 2 is 1.76 bits per heavy atom. The molecule has 1 fully saturated rings. The van der Waals surface area contributed by atoms with Crippen LogP contribution in [0, 0.1) is 0 Å². The number of nitrogens with zero attached hydrogens (tertiary/aromatic N) is 1. The lowest BCUT2D eigenvalue weighted by molar-refractivity contribution is -0.247. The Bertz CT molecular complexity index is 2080. The van der Waals surface area contributed by atoms with Crippen LogP contribution >= 0.6 is 0 Å². The molecule has 0 bridgehead atoms. The Morgan fingerprint density at radius 1 is 1.05 bits per heavy atom. The van der Waals surface area contributed by atoms with Crippen molar-refractivity contribution in [2.75, 3.05) is 13.7 Å². The lowest BCUT2D eigenvalue weighted by Crippen LogP contribution is -2.53. The Labute approximate surface area is 313 Å². The molecule has 6 unspecified atom stereocenters. The Hall–Kier alpha value is -5.33. The van der Waals surface area contributed by atoms with Gasteiger partial charge in [-0.05, 0) is 26.3 Å². The van der Waals surface area contributed by atoms with E-state index in [9.17, 15) is 54.6 Å². The van der Waals surface area contributed by atoms with Gasteiger partial charge < -0.3 is 55.3 Å². The van der Waals surface area contributed by atoms with Crippen molar-refractivity contribution < 1.29 is 73.6 Å². The maximum absolute atomic E-state index is 13.9. The van der Waals surface area contributed by atoms with Crippen molar-refractivity contribution in [3.05, 3.63) is 63.2 Å². The minimum atomic E-state index is -2.42. The van der Waals surface area contributed by atoms with E-state index in [4.69, 9.17) is 24.7 Å². The molecule has 0 radical (unpaired) electrons. The number of carbonyl (C=O) groups excluding carboxylic acids is 5. The second-order valence-corrected chi connectivity index (χ2v) is 14.1. The summed E-state index contributed by atoms with van der Waals surface area (Å²) in [6, 6.07) is 4.72. The number of methoxy groups -OCH3 is 1. The monoisotopic (exact) mass is 766 g/mol. The second kappa shape index (κ2) is 15.1. The highest BCUT2D eigenvalue weighted by molar-refractivity contribution is 6.31. The first-order chi connectivity index (χ1) is 26.0. The number of aromatic hydroxyl groups is 4. The van der Waals surface area contributed by atoms with Crippen LogP contribution in [0.3, 0.4) is 0 Å². The molecule has 1 saturated heterocycles. The van der Waals surface area contributed by atoms with Gasteiger partial charge in [0.1, 0.15) is 28.6 Å². The number of ketones is 4. The minimum absolute atomic E-state index is 0.0352. The molecule has 8 N–H and O–H groups in total. The van der Waals surface area contributed by atoms with Gasteiger partial charge >= 0.3 is 5.97 Å². The van der Waals surface area contributed by atoms with E-state index >= 15 is 0 Å². The number of nitrogens with two attached hydrogens (primary N) is 1. The molecule has 1 aliphatic heterocycles. The van der Waals surface area contributed by atoms with E-state index in [0.717, 1.165) is 4.57 Å². The zero-order valence-corrected chi connectivity index (χ0v) is 30.2. The van der Waals surface area contributed by atoms with Crippen LogP contribution in [0.4, 0.5) is 0 Å². The molecular formula is C38H42N2O15. The van der Waals surface area contributed by atoms with Crippen molar-refractivity contribution in [3.8, 4) is 29.0 Å². The number of esters is 1. The van der Waals surface area contributed by atoms with Gasteiger partial charge in [-0.1, -0.05) is 12.1 Å². The summed E-state index contributed by atoms with van der Waals surface area (Å²) in [5.74, 6) is -5.87. The number of fused-ring (bicyclic) bond motifs is 3. The largest absolute Gasteiger partial charge is 0.507 e. The number of ether oxygens (including phenoxy) is 4. The van der Waals surface area contributed by atoms with Crippen molar-refractivity contribution >= 4 is 29.1 Å². The van der Waals surface area contributed by atoms with E-state index in [1.165, 1.54) is 38.3 Å². The third-order valence-corrected chi connectivity index (χ3v) is 10.4.